The molecule has 2 rings (SSSR count). The molecule has 3 nitrogen and oxygen atoms in total. The Morgan fingerprint density at radius 3 is 2.47 bits per heavy atom. The number of benzene rings is 1. The molecule has 1 aliphatic carbocycles. The topological polar surface area (TPSA) is 38.3 Å². The fourth-order valence-electron chi connectivity index (χ4n) is 1.71. The van der Waals surface area contributed by atoms with E-state index >= 15 is 0 Å². The van der Waals surface area contributed by atoms with E-state index in [1.807, 2.05) is 0 Å². The molecule has 1 aliphatic rings. The molecule has 1 aromatic carbocycles. The van der Waals surface area contributed by atoms with E-state index in [9.17, 15) is 4.79 Å². The molecule has 0 heterocycles. The minimum atomic E-state index is -0.936. The van der Waals surface area contributed by atoms with E-state index in [2.05, 4.69) is 5.32 Å². The number of halogens is 3. The van der Waals surface area contributed by atoms with Crippen LogP contribution >= 0.6 is 34.8 Å². The number of amides is 1. The highest BCUT2D eigenvalue weighted by atomic mass is 35.5. The van der Waals surface area contributed by atoms with Gasteiger partial charge in [0.15, 0.2) is 0 Å². The van der Waals surface area contributed by atoms with Crippen molar-refractivity contribution in [3.63, 3.8) is 0 Å². The molecule has 0 saturated heterocycles. The standard InChI is InChI=1S/C13H14Cl3NO2/c1-12(8-13(12,15)16)11(18)17-6-7-19-10-4-2-9(14)3-5-10/h2-5H,6-8H2,1H3,(H,17,18)/t12-/m1/s1. The number of rotatable bonds is 5. The molecule has 0 radical (unpaired) electrons. The first kappa shape index (κ1) is 14.8. The van der Waals surface area contributed by atoms with Crippen LogP contribution in [0.1, 0.15) is 13.3 Å². The smallest absolute Gasteiger partial charge is 0.229 e. The Kier molecular flexibility index (Phi) is 4.19. The minimum Gasteiger partial charge on any atom is -0.492 e. The zero-order chi connectivity index (χ0) is 14.1. The van der Waals surface area contributed by atoms with Gasteiger partial charge >= 0.3 is 0 Å². The normalized spacial score (nSPS) is 23.8. The third-order valence-electron chi connectivity index (χ3n) is 3.23. The molecule has 1 N–H and O–H groups in total. The SMILES string of the molecule is C[C@]1(C(=O)NCCOc2ccc(Cl)cc2)CC1(Cl)Cl. The Morgan fingerprint density at radius 1 is 1.37 bits per heavy atom. The molecule has 6 heteroatoms. The van der Waals surface area contributed by atoms with E-state index in [0.29, 0.717) is 30.3 Å². The number of carbonyl (C=O) groups is 1. The van der Waals surface area contributed by atoms with Crippen molar-refractivity contribution in [2.24, 2.45) is 5.41 Å². The molecule has 0 aliphatic heterocycles. The van der Waals surface area contributed by atoms with Crippen molar-refractivity contribution < 1.29 is 9.53 Å². The quantitative estimate of drug-likeness (QED) is 0.666. The van der Waals surface area contributed by atoms with E-state index in [4.69, 9.17) is 39.5 Å². The van der Waals surface area contributed by atoms with Gasteiger partial charge in [0, 0.05) is 5.02 Å². The van der Waals surface area contributed by atoms with Gasteiger partial charge in [0.1, 0.15) is 16.7 Å². The zero-order valence-corrected chi connectivity index (χ0v) is 12.6. The van der Waals surface area contributed by atoms with E-state index in [-0.39, 0.29) is 5.91 Å². The third kappa shape index (κ3) is 3.28. The first-order valence-electron chi connectivity index (χ1n) is 5.90. The highest BCUT2D eigenvalue weighted by Crippen LogP contribution is 2.63. The van der Waals surface area contributed by atoms with Gasteiger partial charge in [-0.3, -0.25) is 4.79 Å². The molecular weight excluding hydrogens is 309 g/mol. The van der Waals surface area contributed by atoms with Gasteiger partial charge in [-0.25, -0.2) is 0 Å². The highest BCUT2D eigenvalue weighted by Gasteiger charge is 2.67. The maximum Gasteiger partial charge on any atom is 0.229 e. The number of ether oxygens (including phenoxy) is 1. The van der Waals surface area contributed by atoms with Crippen molar-refractivity contribution >= 4 is 40.7 Å². The average Bonchev–Trinajstić information content (AvgIpc) is 2.87. The number of alkyl halides is 2. The zero-order valence-electron chi connectivity index (χ0n) is 10.4. The molecule has 0 spiro atoms. The Morgan fingerprint density at radius 2 is 1.95 bits per heavy atom. The fourth-order valence-corrected chi connectivity index (χ4v) is 2.54. The Hall–Kier alpha value is -0.640. The van der Waals surface area contributed by atoms with Crippen molar-refractivity contribution in [1.29, 1.82) is 0 Å². The van der Waals surface area contributed by atoms with E-state index in [1.54, 1.807) is 31.2 Å². The van der Waals surface area contributed by atoms with E-state index < -0.39 is 9.75 Å². The van der Waals surface area contributed by atoms with Crippen molar-refractivity contribution in [2.45, 2.75) is 17.7 Å². The Bertz CT molecular complexity index is 475. The van der Waals surface area contributed by atoms with Gasteiger partial charge in [-0.1, -0.05) is 11.6 Å². The monoisotopic (exact) mass is 321 g/mol. The third-order valence-corrected chi connectivity index (χ3v) is 4.58. The lowest BCUT2D eigenvalue weighted by Gasteiger charge is -2.13. The maximum atomic E-state index is 11.8. The van der Waals surface area contributed by atoms with Crippen LogP contribution in [0, 0.1) is 5.41 Å². The first-order valence-corrected chi connectivity index (χ1v) is 7.03. The molecule has 1 amide bonds. The summed E-state index contributed by atoms with van der Waals surface area (Å²) < 4.78 is 4.52. The molecule has 104 valence electrons. The largest absolute Gasteiger partial charge is 0.492 e. The molecule has 1 atom stereocenters. The summed E-state index contributed by atoms with van der Waals surface area (Å²) in [6.07, 6.45) is 0.479. The summed E-state index contributed by atoms with van der Waals surface area (Å²) in [5, 5.41) is 3.42. The molecular formula is C13H14Cl3NO2. The molecule has 1 aromatic rings. The second-order valence-corrected chi connectivity index (χ2v) is 6.69. The molecule has 0 bridgehead atoms. The number of hydrogen-bond acceptors (Lipinski definition) is 2. The van der Waals surface area contributed by atoms with Crippen molar-refractivity contribution in [2.75, 3.05) is 13.2 Å². The first-order chi connectivity index (χ1) is 8.85. The predicted molar refractivity (Wildman–Crippen MR) is 77.1 cm³/mol. The van der Waals surface area contributed by atoms with Crippen LogP contribution in [0.5, 0.6) is 5.75 Å². The van der Waals surface area contributed by atoms with Crippen LogP contribution in [-0.2, 0) is 4.79 Å². The minimum absolute atomic E-state index is 0.141. The van der Waals surface area contributed by atoms with Crippen LogP contribution in [0.25, 0.3) is 0 Å². The van der Waals surface area contributed by atoms with Gasteiger partial charge in [-0.15, -0.1) is 23.2 Å². The van der Waals surface area contributed by atoms with Crippen LogP contribution in [-0.4, -0.2) is 23.4 Å². The Labute approximate surface area is 127 Å². The van der Waals surface area contributed by atoms with Crippen LogP contribution < -0.4 is 10.1 Å². The summed E-state index contributed by atoms with van der Waals surface area (Å²) in [5.41, 5.74) is -0.684. The number of nitrogens with one attached hydrogen (secondary N) is 1. The molecule has 19 heavy (non-hydrogen) atoms. The number of hydrogen-bond donors (Lipinski definition) is 1. The second kappa shape index (κ2) is 5.39. The van der Waals surface area contributed by atoms with Gasteiger partial charge in [0.2, 0.25) is 5.91 Å². The lowest BCUT2D eigenvalue weighted by molar-refractivity contribution is -0.125. The highest BCUT2D eigenvalue weighted by molar-refractivity contribution is 6.53. The van der Waals surface area contributed by atoms with Crippen molar-refractivity contribution in [3.8, 4) is 5.75 Å². The molecule has 0 unspecified atom stereocenters. The van der Waals surface area contributed by atoms with Crippen LogP contribution in [0.4, 0.5) is 0 Å². The summed E-state index contributed by atoms with van der Waals surface area (Å²) in [6, 6.07) is 7.04. The van der Waals surface area contributed by atoms with Crippen LogP contribution in [0.3, 0.4) is 0 Å². The summed E-state index contributed by atoms with van der Waals surface area (Å²) in [5.74, 6) is 0.567. The van der Waals surface area contributed by atoms with Gasteiger partial charge in [-0.2, -0.15) is 0 Å². The van der Waals surface area contributed by atoms with Gasteiger partial charge < -0.3 is 10.1 Å². The number of carbonyl (C=O) groups excluding carboxylic acids is 1. The molecule has 0 aromatic heterocycles. The maximum absolute atomic E-state index is 11.8. The van der Waals surface area contributed by atoms with Crippen LogP contribution in [0.15, 0.2) is 24.3 Å². The van der Waals surface area contributed by atoms with Crippen molar-refractivity contribution in [3.05, 3.63) is 29.3 Å². The summed E-state index contributed by atoms with van der Waals surface area (Å²) >= 11 is 17.6. The average molecular weight is 323 g/mol. The second-order valence-electron chi connectivity index (χ2n) is 4.77. The predicted octanol–water partition coefficient (Wildman–Crippen LogP) is 3.42. The van der Waals surface area contributed by atoms with E-state index in [0.717, 1.165) is 0 Å². The van der Waals surface area contributed by atoms with Gasteiger partial charge in [0.25, 0.3) is 0 Å². The van der Waals surface area contributed by atoms with E-state index in [1.165, 1.54) is 0 Å². The fraction of sp³-hybridized carbons (Fsp3) is 0.462. The van der Waals surface area contributed by atoms with Crippen molar-refractivity contribution in [1.82, 2.24) is 5.32 Å². The lowest BCUT2D eigenvalue weighted by Crippen LogP contribution is -2.35. The summed E-state index contributed by atoms with van der Waals surface area (Å²) in [6.45, 7) is 2.53. The summed E-state index contributed by atoms with van der Waals surface area (Å²) in [4.78, 5) is 11.8. The summed E-state index contributed by atoms with van der Waals surface area (Å²) in [7, 11) is 0. The Balaban J connectivity index is 1.70. The lowest BCUT2D eigenvalue weighted by atomic mass is 10.1. The van der Waals surface area contributed by atoms with Gasteiger partial charge in [0.05, 0.1) is 12.0 Å². The molecule has 1 saturated carbocycles. The van der Waals surface area contributed by atoms with Crippen LogP contribution in [0.2, 0.25) is 5.02 Å². The molecule has 1 fully saturated rings. The van der Waals surface area contributed by atoms with Gasteiger partial charge in [-0.05, 0) is 37.6 Å².